The number of amides is 2. The third kappa shape index (κ3) is 2.62. The summed E-state index contributed by atoms with van der Waals surface area (Å²) in [5, 5.41) is 24.0. The molecule has 4 unspecified atom stereocenters. The zero-order chi connectivity index (χ0) is 17.4. The molecular formula is C12H13ClN6O5. The average molecular weight is 357 g/mol. The van der Waals surface area contributed by atoms with Gasteiger partial charge >= 0.3 is 6.09 Å². The lowest BCUT2D eigenvalue weighted by Gasteiger charge is -2.19. The molecule has 3 rings (SSSR count). The van der Waals surface area contributed by atoms with E-state index in [1.165, 1.54) is 24.3 Å². The van der Waals surface area contributed by atoms with E-state index in [1.807, 2.05) is 0 Å². The van der Waals surface area contributed by atoms with Crippen molar-refractivity contribution in [3.05, 3.63) is 17.8 Å². The Morgan fingerprint density at radius 1 is 1.38 bits per heavy atom. The van der Waals surface area contributed by atoms with Crippen LogP contribution >= 0.6 is 11.6 Å². The predicted octanol–water partition coefficient (Wildman–Crippen LogP) is -0.880. The molecule has 0 bridgehead atoms. The van der Waals surface area contributed by atoms with Crippen LogP contribution < -0.4 is 10.6 Å². The van der Waals surface area contributed by atoms with Crippen LogP contribution in [0.15, 0.2) is 12.7 Å². The molecule has 11 nitrogen and oxygen atoms in total. The fraction of sp³-hybridized carbons (Fsp3) is 0.417. The lowest BCUT2D eigenvalue weighted by molar-refractivity contribution is -0.134. The van der Waals surface area contributed by atoms with Crippen LogP contribution in [0.25, 0.3) is 11.2 Å². The number of fused-ring (bicyclic) bond motifs is 1. The second-order valence-electron chi connectivity index (χ2n) is 5.02. The van der Waals surface area contributed by atoms with E-state index in [2.05, 4.69) is 25.6 Å². The lowest BCUT2D eigenvalue weighted by Crippen LogP contribution is -2.51. The molecule has 4 N–H and O–H groups in total. The van der Waals surface area contributed by atoms with Crippen LogP contribution in [0.4, 0.5) is 4.79 Å². The van der Waals surface area contributed by atoms with Crippen molar-refractivity contribution in [3.63, 3.8) is 0 Å². The van der Waals surface area contributed by atoms with Gasteiger partial charge < -0.3 is 25.6 Å². The van der Waals surface area contributed by atoms with Crippen molar-refractivity contribution >= 4 is 34.8 Å². The van der Waals surface area contributed by atoms with Crippen LogP contribution in [0, 0.1) is 0 Å². The zero-order valence-electron chi connectivity index (χ0n) is 12.3. The molecule has 3 heterocycles. The number of carbonyl (C=O) groups is 2. The number of hydrogen-bond acceptors (Lipinski definition) is 7. The van der Waals surface area contributed by atoms with Gasteiger partial charge in [-0.05, 0) is 0 Å². The number of nitrogens with one attached hydrogen (secondary N) is 2. The number of nitrogens with zero attached hydrogens (tertiary/aromatic N) is 4. The highest BCUT2D eigenvalue weighted by Crippen LogP contribution is 2.32. The fourth-order valence-corrected chi connectivity index (χ4v) is 2.76. The van der Waals surface area contributed by atoms with Crippen LogP contribution in [0.2, 0.25) is 5.15 Å². The number of ether oxygens (including phenoxy) is 1. The van der Waals surface area contributed by atoms with Crippen LogP contribution in [0.3, 0.4) is 0 Å². The number of carboxylic acid groups (broad SMARTS) is 1. The molecule has 128 valence electrons. The van der Waals surface area contributed by atoms with Crippen molar-refractivity contribution in [3.8, 4) is 0 Å². The first kappa shape index (κ1) is 16.4. The number of halogens is 1. The molecule has 24 heavy (non-hydrogen) atoms. The molecule has 1 aliphatic rings. The third-order valence-corrected chi connectivity index (χ3v) is 3.93. The predicted molar refractivity (Wildman–Crippen MR) is 79.3 cm³/mol. The largest absolute Gasteiger partial charge is 0.465 e. The zero-order valence-corrected chi connectivity index (χ0v) is 13.0. The Morgan fingerprint density at radius 2 is 2.12 bits per heavy atom. The topological polar surface area (TPSA) is 151 Å². The highest BCUT2D eigenvalue weighted by molar-refractivity contribution is 6.33. The van der Waals surface area contributed by atoms with Gasteiger partial charge in [0.1, 0.15) is 17.9 Å². The number of carbonyl (C=O) groups excluding carboxylic acids is 1. The third-order valence-electron chi connectivity index (χ3n) is 3.66. The summed E-state index contributed by atoms with van der Waals surface area (Å²) >= 11 is 5.93. The summed E-state index contributed by atoms with van der Waals surface area (Å²) in [5.41, 5.74) is 0.576. The fourth-order valence-electron chi connectivity index (χ4n) is 2.58. The van der Waals surface area contributed by atoms with E-state index in [0.717, 1.165) is 0 Å². The summed E-state index contributed by atoms with van der Waals surface area (Å²) in [7, 11) is 1.38. The Kier molecular flexibility index (Phi) is 4.22. The number of aliphatic hydroxyl groups is 1. The molecule has 2 aromatic heterocycles. The Labute approximate surface area is 139 Å². The Morgan fingerprint density at radius 3 is 2.79 bits per heavy atom. The monoisotopic (exact) mass is 356 g/mol. The average Bonchev–Trinajstić information content (AvgIpc) is 3.10. The van der Waals surface area contributed by atoms with Crippen LogP contribution in [-0.2, 0) is 9.53 Å². The van der Waals surface area contributed by atoms with Gasteiger partial charge in [0, 0.05) is 7.05 Å². The van der Waals surface area contributed by atoms with E-state index in [4.69, 9.17) is 21.4 Å². The van der Waals surface area contributed by atoms with Gasteiger partial charge in [-0.3, -0.25) is 9.36 Å². The lowest BCUT2D eigenvalue weighted by atomic mass is 10.1. The minimum absolute atomic E-state index is 0.120. The summed E-state index contributed by atoms with van der Waals surface area (Å²) in [6.45, 7) is 0. The molecule has 0 aliphatic carbocycles. The first-order valence-corrected chi connectivity index (χ1v) is 7.19. The molecule has 0 spiro atoms. The molecular weight excluding hydrogens is 344 g/mol. The maximum atomic E-state index is 11.9. The maximum absolute atomic E-state index is 11.9. The van der Waals surface area contributed by atoms with E-state index in [1.54, 1.807) is 0 Å². The SMILES string of the molecule is CNC(=O)C1OC(n2cnc3c(Cl)ncnc32)C(O)C1NC(=O)O. The summed E-state index contributed by atoms with van der Waals surface area (Å²) in [6, 6.07) is -1.16. The van der Waals surface area contributed by atoms with Gasteiger partial charge in [0.25, 0.3) is 5.91 Å². The molecule has 0 radical (unpaired) electrons. The van der Waals surface area contributed by atoms with Gasteiger partial charge in [-0.1, -0.05) is 11.6 Å². The van der Waals surface area contributed by atoms with Gasteiger partial charge in [-0.15, -0.1) is 0 Å². The first-order chi connectivity index (χ1) is 11.4. The highest BCUT2D eigenvalue weighted by Gasteiger charge is 2.49. The van der Waals surface area contributed by atoms with Gasteiger partial charge in [0.05, 0.1) is 12.4 Å². The van der Waals surface area contributed by atoms with E-state index in [0.29, 0.717) is 5.52 Å². The van der Waals surface area contributed by atoms with Crippen LogP contribution in [-0.4, -0.2) is 67.0 Å². The van der Waals surface area contributed by atoms with E-state index < -0.39 is 36.5 Å². The second-order valence-corrected chi connectivity index (χ2v) is 5.37. The van der Waals surface area contributed by atoms with Crippen molar-refractivity contribution in [1.82, 2.24) is 30.2 Å². The van der Waals surface area contributed by atoms with Gasteiger partial charge in [0.2, 0.25) is 0 Å². The summed E-state index contributed by atoms with van der Waals surface area (Å²) < 4.78 is 6.93. The van der Waals surface area contributed by atoms with Gasteiger partial charge in [0.15, 0.2) is 23.1 Å². The van der Waals surface area contributed by atoms with Crippen molar-refractivity contribution in [2.75, 3.05) is 7.05 Å². The summed E-state index contributed by atoms with van der Waals surface area (Å²) in [4.78, 5) is 34.8. The molecule has 2 aromatic rings. The van der Waals surface area contributed by atoms with E-state index >= 15 is 0 Å². The maximum Gasteiger partial charge on any atom is 0.405 e. The number of likely N-dealkylation sites (N-methyl/N-ethyl adjacent to an activating group) is 1. The highest BCUT2D eigenvalue weighted by atomic mass is 35.5. The number of aliphatic hydroxyl groups excluding tert-OH is 1. The number of rotatable bonds is 3. The van der Waals surface area contributed by atoms with E-state index in [9.17, 15) is 14.7 Å². The second kappa shape index (κ2) is 6.19. The smallest absolute Gasteiger partial charge is 0.405 e. The van der Waals surface area contributed by atoms with E-state index in [-0.39, 0.29) is 10.8 Å². The minimum Gasteiger partial charge on any atom is -0.465 e. The molecule has 0 aromatic carbocycles. The normalized spacial score (nSPS) is 26.5. The molecule has 1 aliphatic heterocycles. The Bertz CT molecular complexity index is 797. The molecule has 4 atom stereocenters. The first-order valence-electron chi connectivity index (χ1n) is 6.81. The molecule has 1 fully saturated rings. The number of hydrogen-bond donors (Lipinski definition) is 4. The Hall–Kier alpha value is -2.50. The van der Waals surface area contributed by atoms with Crippen molar-refractivity contribution in [2.45, 2.75) is 24.5 Å². The summed E-state index contributed by atoms with van der Waals surface area (Å²) in [5.74, 6) is -0.577. The number of imidazole rings is 1. The number of aromatic nitrogens is 4. The molecule has 12 heteroatoms. The molecule has 2 amide bonds. The van der Waals surface area contributed by atoms with Crippen LogP contribution in [0.1, 0.15) is 6.23 Å². The minimum atomic E-state index is -1.39. The molecule has 0 saturated carbocycles. The van der Waals surface area contributed by atoms with Gasteiger partial charge in [-0.25, -0.2) is 19.7 Å². The standard InChI is InChI=1S/C12H13ClN6O5/c1-14-10(21)7-4(18-12(22)23)6(20)11(24-7)19-3-17-5-8(13)15-2-16-9(5)19/h2-4,6-7,11,18,20H,1H3,(H,14,21)(H,22,23). The van der Waals surface area contributed by atoms with Gasteiger partial charge in [-0.2, -0.15) is 0 Å². The van der Waals surface area contributed by atoms with Crippen molar-refractivity contribution in [1.29, 1.82) is 0 Å². The van der Waals surface area contributed by atoms with Crippen LogP contribution in [0.5, 0.6) is 0 Å². The van der Waals surface area contributed by atoms with Crippen molar-refractivity contribution in [2.24, 2.45) is 0 Å². The van der Waals surface area contributed by atoms with Crippen molar-refractivity contribution < 1.29 is 24.5 Å². The molecule has 1 saturated heterocycles. The quantitative estimate of drug-likeness (QED) is 0.517. The summed E-state index contributed by atoms with van der Waals surface area (Å²) in [6.07, 6.45) is -2.51. The Balaban J connectivity index is 1.99.